The minimum absolute atomic E-state index is 0.0213. The van der Waals surface area contributed by atoms with Crippen molar-refractivity contribution in [2.45, 2.75) is 26.4 Å². The molecular formula is C23H24N4O3S. The van der Waals surface area contributed by atoms with Gasteiger partial charge in [0.1, 0.15) is 11.9 Å². The fourth-order valence-electron chi connectivity index (χ4n) is 3.68. The zero-order valence-corrected chi connectivity index (χ0v) is 18.5. The molecule has 0 aliphatic carbocycles. The Bertz CT molecular complexity index is 1110. The molecule has 0 saturated carbocycles. The molecule has 160 valence electrons. The number of methoxy groups -OCH3 is 1. The van der Waals surface area contributed by atoms with E-state index in [0.717, 1.165) is 12.1 Å². The normalized spacial score (nSPS) is 15.3. The summed E-state index contributed by atoms with van der Waals surface area (Å²) in [6, 6.07) is 14.8. The number of carbonyl (C=O) groups is 2. The molecule has 0 spiro atoms. The van der Waals surface area contributed by atoms with E-state index in [0.29, 0.717) is 34.4 Å². The minimum atomic E-state index is -0.397. The molecule has 3 aromatic rings. The monoisotopic (exact) mass is 436 g/mol. The van der Waals surface area contributed by atoms with Gasteiger partial charge in [0.25, 0.3) is 5.91 Å². The van der Waals surface area contributed by atoms with Crippen LogP contribution in [-0.2, 0) is 4.79 Å². The van der Waals surface area contributed by atoms with Crippen molar-refractivity contribution in [2.75, 3.05) is 23.9 Å². The summed E-state index contributed by atoms with van der Waals surface area (Å²) in [5.74, 6) is 0.482. The molecule has 0 unspecified atom stereocenters. The average Bonchev–Trinajstić information content (AvgIpc) is 3.25. The van der Waals surface area contributed by atoms with Crippen molar-refractivity contribution in [1.29, 1.82) is 0 Å². The second kappa shape index (κ2) is 8.77. The van der Waals surface area contributed by atoms with Gasteiger partial charge in [-0.05, 0) is 30.7 Å². The van der Waals surface area contributed by atoms with Gasteiger partial charge < -0.3 is 15.0 Å². The van der Waals surface area contributed by atoms with Crippen molar-refractivity contribution >= 4 is 39.7 Å². The van der Waals surface area contributed by atoms with Crippen LogP contribution in [-0.4, -0.2) is 35.4 Å². The quantitative estimate of drug-likeness (QED) is 0.600. The predicted molar refractivity (Wildman–Crippen MR) is 122 cm³/mol. The number of fused-ring (bicyclic) bond motifs is 1. The highest BCUT2D eigenvalue weighted by atomic mass is 32.1. The molecule has 0 radical (unpaired) electrons. The van der Waals surface area contributed by atoms with Crippen molar-refractivity contribution in [3.63, 3.8) is 0 Å². The third-order valence-electron chi connectivity index (χ3n) is 5.09. The molecule has 1 aliphatic rings. The molecule has 4 rings (SSSR count). The Morgan fingerprint density at radius 1 is 1.26 bits per heavy atom. The highest BCUT2D eigenvalue weighted by Gasteiger charge is 2.34. The van der Waals surface area contributed by atoms with Crippen LogP contribution in [0.5, 0.6) is 5.75 Å². The highest BCUT2D eigenvalue weighted by Crippen LogP contribution is 2.37. The molecule has 7 nitrogen and oxygen atoms in total. The van der Waals surface area contributed by atoms with E-state index in [4.69, 9.17) is 9.72 Å². The van der Waals surface area contributed by atoms with Crippen molar-refractivity contribution < 1.29 is 14.3 Å². The molecule has 1 N–H and O–H groups in total. The smallest absolute Gasteiger partial charge is 0.257 e. The van der Waals surface area contributed by atoms with Crippen LogP contribution in [0.3, 0.4) is 0 Å². The third kappa shape index (κ3) is 3.98. The van der Waals surface area contributed by atoms with Gasteiger partial charge in [-0.1, -0.05) is 25.1 Å². The molecule has 31 heavy (non-hydrogen) atoms. The number of hydrogen-bond donors (Lipinski definition) is 1. The second-order valence-electron chi connectivity index (χ2n) is 7.20. The third-order valence-corrected chi connectivity index (χ3v) is 5.94. The first-order valence-electron chi connectivity index (χ1n) is 10.1. The first-order valence-corrected chi connectivity index (χ1v) is 11.0. The number of rotatable bonds is 6. The van der Waals surface area contributed by atoms with Crippen molar-refractivity contribution in [1.82, 2.24) is 9.88 Å². The minimum Gasteiger partial charge on any atom is -0.497 e. The lowest BCUT2D eigenvalue weighted by Gasteiger charge is -2.37. The van der Waals surface area contributed by atoms with E-state index in [-0.39, 0.29) is 11.8 Å². The van der Waals surface area contributed by atoms with Gasteiger partial charge in [0, 0.05) is 30.6 Å². The number of para-hydroxylation sites is 1. The van der Waals surface area contributed by atoms with Crippen LogP contribution in [0.15, 0.2) is 53.9 Å². The molecule has 8 heteroatoms. The summed E-state index contributed by atoms with van der Waals surface area (Å²) in [6.45, 7) is 4.14. The molecule has 1 aliphatic heterocycles. The van der Waals surface area contributed by atoms with Crippen LogP contribution in [0.4, 0.5) is 16.5 Å². The molecular weight excluding hydrogens is 412 g/mol. The molecule has 1 atom stereocenters. The van der Waals surface area contributed by atoms with E-state index >= 15 is 0 Å². The van der Waals surface area contributed by atoms with E-state index in [1.54, 1.807) is 23.0 Å². The molecule has 2 heterocycles. The van der Waals surface area contributed by atoms with Crippen molar-refractivity contribution in [3.05, 3.63) is 65.2 Å². The lowest BCUT2D eigenvalue weighted by atomic mass is 10.1. The van der Waals surface area contributed by atoms with Crippen molar-refractivity contribution in [2.24, 2.45) is 0 Å². The topological polar surface area (TPSA) is 74.8 Å². The highest BCUT2D eigenvalue weighted by molar-refractivity contribution is 7.14. The number of carbonyl (C=O) groups excluding carboxylic acids is 2. The number of nitrogens with one attached hydrogen (secondary N) is 1. The Hall–Kier alpha value is -3.39. The van der Waals surface area contributed by atoms with Gasteiger partial charge in [-0.2, -0.15) is 0 Å². The van der Waals surface area contributed by atoms with Crippen LogP contribution in [0.1, 0.15) is 42.5 Å². The maximum atomic E-state index is 13.1. The number of thiazole rings is 1. The summed E-state index contributed by atoms with van der Waals surface area (Å²) in [6.07, 6.45) is 0.429. The SMILES string of the molecule is CCCN1C(=O)c2ccccc2N[C@@H]1c1csc(N(C(C)=O)c2cccc(OC)c2)n1. The zero-order valence-electron chi connectivity index (χ0n) is 17.7. The van der Waals surface area contributed by atoms with E-state index in [9.17, 15) is 9.59 Å². The summed E-state index contributed by atoms with van der Waals surface area (Å²) in [5.41, 5.74) is 2.82. The number of hydrogen-bond acceptors (Lipinski definition) is 6. The zero-order chi connectivity index (χ0) is 22.0. The molecule has 2 amide bonds. The van der Waals surface area contributed by atoms with E-state index < -0.39 is 6.17 Å². The van der Waals surface area contributed by atoms with Crippen LogP contribution in [0, 0.1) is 0 Å². The summed E-state index contributed by atoms with van der Waals surface area (Å²) in [7, 11) is 1.59. The van der Waals surface area contributed by atoms with Gasteiger partial charge in [-0.25, -0.2) is 4.98 Å². The van der Waals surface area contributed by atoms with Gasteiger partial charge in [0.15, 0.2) is 5.13 Å². The summed E-state index contributed by atoms with van der Waals surface area (Å²) in [4.78, 5) is 33.7. The number of ether oxygens (including phenoxy) is 1. The van der Waals surface area contributed by atoms with Crippen LogP contribution >= 0.6 is 11.3 Å². The van der Waals surface area contributed by atoms with E-state index in [2.05, 4.69) is 5.32 Å². The number of aromatic nitrogens is 1. The number of amides is 2. The predicted octanol–water partition coefficient (Wildman–Crippen LogP) is 4.81. The van der Waals surface area contributed by atoms with E-state index in [1.807, 2.05) is 54.8 Å². The Morgan fingerprint density at radius 2 is 2.06 bits per heavy atom. The number of nitrogens with zero attached hydrogens (tertiary/aromatic N) is 3. The molecule has 1 aromatic heterocycles. The fraction of sp³-hybridized carbons (Fsp3) is 0.261. The van der Waals surface area contributed by atoms with Gasteiger partial charge in [0.05, 0.1) is 24.1 Å². The van der Waals surface area contributed by atoms with Gasteiger partial charge in [-0.15, -0.1) is 11.3 Å². The summed E-state index contributed by atoms with van der Waals surface area (Å²) >= 11 is 1.37. The fourth-order valence-corrected chi connectivity index (χ4v) is 4.58. The Morgan fingerprint density at radius 3 is 2.81 bits per heavy atom. The van der Waals surface area contributed by atoms with Gasteiger partial charge in [-0.3, -0.25) is 14.5 Å². The summed E-state index contributed by atoms with van der Waals surface area (Å²) < 4.78 is 5.30. The number of benzene rings is 2. The summed E-state index contributed by atoms with van der Waals surface area (Å²) in [5, 5.41) is 5.88. The molecule has 0 fully saturated rings. The lowest BCUT2D eigenvalue weighted by molar-refractivity contribution is -0.115. The maximum Gasteiger partial charge on any atom is 0.257 e. The van der Waals surface area contributed by atoms with Crippen LogP contribution in [0.25, 0.3) is 0 Å². The first kappa shape index (κ1) is 20.9. The molecule has 0 bridgehead atoms. The molecule has 0 saturated heterocycles. The maximum absolute atomic E-state index is 13.1. The van der Waals surface area contributed by atoms with Crippen LogP contribution < -0.4 is 15.0 Å². The van der Waals surface area contributed by atoms with E-state index in [1.165, 1.54) is 18.3 Å². The van der Waals surface area contributed by atoms with Gasteiger partial charge in [0.2, 0.25) is 5.91 Å². The average molecular weight is 437 g/mol. The number of anilines is 3. The largest absolute Gasteiger partial charge is 0.497 e. The Labute approximate surface area is 185 Å². The lowest BCUT2D eigenvalue weighted by Crippen LogP contribution is -2.43. The first-order chi connectivity index (χ1) is 15.0. The van der Waals surface area contributed by atoms with Gasteiger partial charge >= 0.3 is 0 Å². The second-order valence-corrected chi connectivity index (χ2v) is 8.04. The Balaban J connectivity index is 1.70. The van der Waals surface area contributed by atoms with Crippen molar-refractivity contribution in [3.8, 4) is 5.75 Å². The standard InChI is InChI=1S/C23H24N4O3S/c1-4-12-26-21(24-19-11-6-5-10-18(19)22(26)29)20-14-31-23(25-20)27(15(2)28)16-8-7-9-17(13-16)30-3/h5-11,13-14,21,24H,4,12H2,1-3H3/t21-/m0/s1. The Kier molecular flexibility index (Phi) is 5.90. The van der Waals surface area contributed by atoms with Crippen LogP contribution in [0.2, 0.25) is 0 Å². The molecule has 2 aromatic carbocycles.